The molecule has 1 saturated heterocycles. The highest BCUT2D eigenvalue weighted by Gasteiger charge is 2.31. The van der Waals surface area contributed by atoms with Gasteiger partial charge in [-0.05, 0) is 27.7 Å². The molecule has 0 spiro atoms. The van der Waals surface area contributed by atoms with Gasteiger partial charge in [0.05, 0.1) is 16.4 Å². The lowest BCUT2D eigenvalue weighted by Crippen LogP contribution is -2.24. The van der Waals surface area contributed by atoms with Gasteiger partial charge < -0.3 is 9.47 Å². The van der Waals surface area contributed by atoms with E-state index in [-0.39, 0.29) is 17.8 Å². The van der Waals surface area contributed by atoms with E-state index in [2.05, 4.69) is 0 Å². The SMILES string of the molecule is CC(C)OC(=O)C(C(=O)OC(C)C)=C1SCS1. The van der Waals surface area contributed by atoms with E-state index in [0.717, 1.165) is 5.08 Å². The molecule has 0 atom stereocenters. The molecule has 0 saturated carbocycles. The number of carbonyl (C=O) groups excluding carboxylic acids is 2. The summed E-state index contributed by atoms with van der Waals surface area (Å²) in [6.45, 7) is 6.98. The van der Waals surface area contributed by atoms with Crippen LogP contribution in [0.2, 0.25) is 0 Å². The molecule has 0 aromatic heterocycles. The first-order chi connectivity index (χ1) is 7.91. The maximum Gasteiger partial charge on any atom is 0.347 e. The van der Waals surface area contributed by atoms with Crippen molar-refractivity contribution in [3.05, 3.63) is 9.81 Å². The van der Waals surface area contributed by atoms with Gasteiger partial charge in [0.15, 0.2) is 5.57 Å². The van der Waals surface area contributed by atoms with Crippen LogP contribution in [0.4, 0.5) is 0 Å². The van der Waals surface area contributed by atoms with Gasteiger partial charge in [0.1, 0.15) is 0 Å². The normalized spacial score (nSPS) is 14.6. The smallest absolute Gasteiger partial charge is 0.347 e. The first-order valence-electron chi connectivity index (χ1n) is 5.33. The molecule has 1 rings (SSSR count). The molecular formula is C11H16O4S2. The van der Waals surface area contributed by atoms with E-state index in [1.54, 1.807) is 27.7 Å². The predicted molar refractivity (Wildman–Crippen MR) is 69.5 cm³/mol. The van der Waals surface area contributed by atoms with Crippen LogP contribution >= 0.6 is 23.5 Å². The number of thioether (sulfide) groups is 2. The van der Waals surface area contributed by atoms with Gasteiger partial charge in [-0.1, -0.05) is 0 Å². The molecule has 0 radical (unpaired) electrons. The highest BCUT2D eigenvalue weighted by Crippen LogP contribution is 2.45. The monoisotopic (exact) mass is 276 g/mol. The molecule has 0 aromatic carbocycles. The van der Waals surface area contributed by atoms with Gasteiger partial charge in [0, 0.05) is 5.08 Å². The van der Waals surface area contributed by atoms with Crippen molar-refractivity contribution in [2.45, 2.75) is 39.9 Å². The highest BCUT2D eigenvalue weighted by molar-refractivity contribution is 8.37. The van der Waals surface area contributed by atoms with E-state index < -0.39 is 11.9 Å². The van der Waals surface area contributed by atoms with Crippen molar-refractivity contribution < 1.29 is 19.1 Å². The zero-order chi connectivity index (χ0) is 13.0. The van der Waals surface area contributed by atoms with Crippen molar-refractivity contribution >= 4 is 35.5 Å². The molecule has 1 fully saturated rings. The first-order valence-corrected chi connectivity index (χ1v) is 7.30. The molecular weight excluding hydrogens is 260 g/mol. The third-order valence-electron chi connectivity index (χ3n) is 1.68. The Morgan fingerprint density at radius 2 is 1.41 bits per heavy atom. The maximum absolute atomic E-state index is 11.8. The lowest BCUT2D eigenvalue weighted by atomic mass is 10.3. The zero-order valence-electron chi connectivity index (χ0n) is 10.3. The number of hydrogen-bond donors (Lipinski definition) is 0. The second kappa shape index (κ2) is 6.35. The molecule has 96 valence electrons. The molecule has 6 heteroatoms. The minimum Gasteiger partial charge on any atom is -0.459 e. The summed E-state index contributed by atoms with van der Waals surface area (Å²) in [6, 6.07) is 0. The Kier molecular flexibility index (Phi) is 5.39. The van der Waals surface area contributed by atoms with Crippen molar-refractivity contribution in [2.24, 2.45) is 0 Å². The van der Waals surface area contributed by atoms with Crippen LogP contribution in [0.3, 0.4) is 0 Å². The van der Waals surface area contributed by atoms with E-state index in [0.29, 0.717) is 4.24 Å². The van der Waals surface area contributed by atoms with E-state index in [9.17, 15) is 9.59 Å². The molecule has 1 heterocycles. The fraction of sp³-hybridized carbons (Fsp3) is 0.636. The van der Waals surface area contributed by atoms with E-state index in [1.165, 1.54) is 23.5 Å². The summed E-state index contributed by atoms with van der Waals surface area (Å²) < 4.78 is 10.8. The Hall–Kier alpha value is -0.620. The summed E-state index contributed by atoms with van der Waals surface area (Å²) in [5.41, 5.74) is 0.0358. The van der Waals surface area contributed by atoms with Gasteiger partial charge in [-0.3, -0.25) is 0 Å². The highest BCUT2D eigenvalue weighted by atomic mass is 32.3. The Morgan fingerprint density at radius 1 is 1.00 bits per heavy atom. The Labute approximate surface area is 109 Å². The molecule has 0 amide bonds. The molecule has 0 aliphatic carbocycles. The van der Waals surface area contributed by atoms with Gasteiger partial charge >= 0.3 is 11.9 Å². The molecule has 0 N–H and O–H groups in total. The van der Waals surface area contributed by atoms with Crippen molar-refractivity contribution in [3.8, 4) is 0 Å². The fourth-order valence-electron chi connectivity index (χ4n) is 1.06. The largest absolute Gasteiger partial charge is 0.459 e. The molecule has 4 nitrogen and oxygen atoms in total. The van der Waals surface area contributed by atoms with Crippen LogP contribution in [0.15, 0.2) is 9.81 Å². The third kappa shape index (κ3) is 4.27. The summed E-state index contributed by atoms with van der Waals surface area (Å²) in [6.07, 6.45) is -0.500. The van der Waals surface area contributed by atoms with Gasteiger partial charge in [0.2, 0.25) is 0 Å². The van der Waals surface area contributed by atoms with Crippen molar-refractivity contribution in [3.63, 3.8) is 0 Å². The van der Waals surface area contributed by atoms with E-state index in [4.69, 9.17) is 9.47 Å². The summed E-state index contributed by atoms with van der Waals surface area (Å²) >= 11 is 2.93. The topological polar surface area (TPSA) is 52.6 Å². The molecule has 1 aliphatic rings. The van der Waals surface area contributed by atoms with Crippen molar-refractivity contribution in [2.75, 3.05) is 5.08 Å². The minimum absolute atomic E-state index is 0.0358. The Morgan fingerprint density at radius 3 is 1.65 bits per heavy atom. The Bertz CT molecular complexity index is 317. The fourth-order valence-corrected chi connectivity index (χ4v) is 2.62. The number of carbonyl (C=O) groups is 2. The van der Waals surface area contributed by atoms with Gasteiger partial charge in [0.25, 0.3) is 0 Å². The van der Waals surface area contributed by atoms with Crippen LogP contribution in [-0.4, -0.2) is 29.2 Å². The summed E-state index contributed by atoms with van der Waals surface area (Å²) in [5, 5.41) is 0.850. The molecule has 0 unspecified atom stereocenters. The average molecular weight is 276 g/mol. The second-order valence-electron chi connectivity index (χ2n) is 3.98. The van der Waals surface area contributed by atoms with Crippen LogP contribution in [0.25, 0.3) is 0 Å². The van der Waals surface area contributed by atoms with E-state index in [1.807, 2.05) is 0 Å². The zero-order valence-corrected chi connectivity index (χ0v) is 11.9. The number of hydrogen-bond acceptors (Lipinski definition) is 6. The van der Waals surface area contributed by atoms with Crippen LogP contribution in [-0.2, 0) is 19.1 Å². The molecule has 1 aliphatic heterocycles. The van der Waals surface area contributed by atoms with Crippen LogP contribution in [0.1, 0.15) is 27.7 Å². The standard InChI is InChI=1S/C11H16O4S2/c1-6(2)14-9(12)8(11-16-5-17-11)10(13)15-7(3)4/h6-7H,5H2,1-4H3. The van der Waals surface area contributed by atoms with Gasteiger partial charge in [-0.2, -0.15) is 0 Å². The van der Waals surface area contributed by atoms with Crippen LogP contribution in [0, 0.1) is 0 Å². The second-order valence-corrected chi connectivity index (χ2v) is 6.57. The van der Waals surface area contributed by atoms with Crippen LogP contribution in [0.5, 0.6) is 0 Å². The average Bonchev–Trinajstić information content (AvgIpc) is 2.07. The van der Waals surface area contributed by atoms with Gasteiger partial charge in [-0.25, -0.2) is 9.59 Å². The van der Waals surface area contributed by atoms with Crippen molar-refractivity contribution in [1.82, 2.24) is 0 Å². The molecule has 0 bridgehead atoms. The summed E-state index contributed by atoms with van der Waals surface area (Å²) in [7, 11) is 0. The van der Waals surface area contributed by atoms with Crippen molar-refractivity contribution in [1.29, 1.82) is 0 Å². The number of rotatable bonds is 4. The number of ether oxygens (including phenoxy) is 2. The number of esters is 2. The molecule has 17 heavy (non-hydrogen) atoms. The molecule has 0 aromatic rings. The Balaban J connectivity index is 2.82. The summed E-state index contributed by atoms with van der Waals surface area (Å²) in [5.74, 6) is -1.19. The predicted octanol–water partition coefficient (Wildman–Crippen LogP) is 2.54. The quantitative estimate of drug-likeness (QED) is 0.340. The maximum atomic E-state index is 11.8. The third-order valence-corrected chi connectivity index (χ3v) is 4.26. The lowest BCUT2D eigenvalue weighted by molar-refractivity contribution is -0.150. The van der Waals surface area contributed by atoms with Crippen LogP contribution < -0.4 is 0 Å². The minimum atomic E-state index is -0.597. The van der Waals surface area contributed by atoms with Gasteiger partial charge in [-0.15, -0.1) is 23.5 Å². The first kappa shape index (κ1) is 14.4. The summed E-state index contributed by atoms with van der Waals surface area (Å²) in [4.78, 5) is 23.6. The van der Waals surface area contributed by atoms with E-state index >= 15 is 0 Å². The lowest BCUT2D eigenvalue weighted by Gasteiger charge is -2.20.